The van der Waals surface area contributed by atoms with E-state index in [1.54, 1.807) is 6.07 Å². The van der Waals surface area contributed by atoms with Gasteiger partial charge in [-0.1, -0.05) is 24.6 Å². The fraction of sp³-hybridized carbons (Fsp3) is 0.364. The fourth-order valence-corrected chi connectivity index (χ4v) is 1.39. The molecule has 0 fully saturated rings. The summed E-state index contributed by atoms with van der Waals surface area (Å²) < 4.78 is 13.4. The van der Waals surface area contributed by atoms with Crippen molar-refractivity contribution in [3.63, 3.8) is 0 Å². The highest BCUT2D eigenvalue weighted by molar-refractivity contribution is 6.31. The number of benzene rings is 1. The van der Waals surface area contributed by atoms with E-state index in [0.29, 0.717) is 13.1 Å². The van der Waals surface area contributed by atoms with Crippen LogP contribution >= 0.6 is 24.0 Å². The first-order chi connectivity index (χ1) is 7.66. The minimum Gasteiger partial charge on any atom is -0.351 e. The van der Waals surface area contributed by atoms with Crippen LogP contribution in [0.2, 0.25) is 5.02 Å². The van der Waals surface area contributed by atoms with Gasteiger partial charge in [0.15, 0.2) is 5.82 Å². The van der Waals surface area contributed by atoms with E-state index < -0.39 is 11.7 Å². The molecule has 1 aromatic carbocycles. The summed E-state index contributed by atoms with van der Waals surface area (Å²) in [5, 5.41) is 5.61. The Labute approximate surface area is 111 Å². The summed E-state index contributed by atoms with van der Waals surface area (Å²) >= 11 is 5.57. The van der Waals surface area contributed by atoms with E-state index in [2.05, 4.69) is 10.6 Å². The molecule has 0 aliphatic rings. The second-order valence-corrected chi connectivity index (χ2v) is 3.62. The Morgan fingerprint density at radius 3 is 2.76 bits per heavy atom. The predicted octanol–water partition coefficient (Wildman–Crippen LogP) is 2.24. The molecule has 0 radical (unpaired) electrons. The summed E-state index contributed by atoms with van der Waals surface area (Å²) in [4.78, 5) is 11.5. The van der Waals surface area contributed by atoms with Crippen molar-refractivity contribution in [1.29, 1.82) is 0 Å². The molecule has 0 bridgehead atoms. The summed E-state index contributed by atoms with van der Waals surface area (Å²) in [5.41, 5.74) is -0.0241. The van der Waals surface area contributed by atoms with Gasteiger partial charge in [0.05, 0.1) is 10.6 Å². The average Bonchev–Trinajstić information content (AvgIpc) is 2.28. The maximum atomic E-state index is 13.4. The SMILES string of the molecule is CCNCCNC(=O)c1cccc(Cl)c1F.Cl. The van der Waals surface area contributed by atoms with Crippen LogP contribution < -0.4 is 10.6 Å². The van der Waals surface area contributed by atoms with Crippen molar-refractivity contribution in [3.05, 3.63) is 34.6 Å². The third kappa shape index (κ3) is 4.89. The van der Waals surface area contributed by atoms with Crippen molar-refractivity contribution < 1.29 is 9.18 Å². The van der Waals surface area contributed by atoms with Crippen LogP contribution in [0.25, 0.3) is 0 Å². The third-order valence-corrected chi connectivity index (χ3v) is 2.33. The summed E-state index contributed by atoms with van der Waals surface area (Å²) in [5.74, 6) is -1.12. The van der Waals surface area contributed by atoms with E-state index in [4.69, 9.17) is 11.6 Å². The second-order valence-electron chi connectivity index (χ2n) is 3.21. The Kier molecular flexibility index (Phi) is 7.87. The van der Waals surface area contributed by atoms with Crippen LogP contribution in [0.3, 0.4) is 0 Å². The molecule has 0 saturated carbocycles. The molecular weight excluding hydrogens is 266 g/mol. The van der Waals surface area contributed by atoms with Crippen LogP contribution in [0.1, 0.15) is 17.3 Å². The minimum absolute atomic E-state index is 0. The largest absolute Gasteiger partial charge is 0.351 e. The van der Waals surface area contributed by atoms with Crippen LogP contribution in [0.5, 0.6) is 0 Å². The van der Waals surface area contributed by atoms with Crippen LogP contribution in [0, 0.1) is 5.82 Å². The lowest BCUT2D eigenvalue weighted by molar-refractivity contribution is 0.0950. The van der Waals surface area contributed by atoms with Gasteiger partial charge in [0.2, 0.25) is 0 Å². The molecular formula is C11H15Cl2FN2O. The summed E-state index contributed by atoms with van der Waals surface area (Å²) in [6, 6.07) is 4.36. The van der Waals surface area contributed by atoms with Gasteiger partial charge in [-0.2, -0.15) is 0 Å². The lowest BCUT2D eigenvalue weighted by Gasteiger charge is -2.06. The summed E-state index contributed by atoms with van der Waals surface area (Å²) in [6.45, 7) is 3.92. The Hall–Kier alpha value is -0.840. The quantitative estimate of drug-likeness (QED) is 0.813. The summed E-state index contributed by atoms with van der Waals surface area (Å²) in [6.07, 6.45) is 0. The number of carbonyl (C=O) groups is 1. The molecule has 3 nitrogen and oxygen atoms in total. The number of nitrogens with one attached hydrogen (secondary N) is 2. The van der Waals surface area contributed by atoms with Crippen molar-refractivity contribution in [1.82, 2.24) is 10.6 Å². The van der Waals surface area contributed by atoms with Crippen molar-refractivity contribution in [2.24, 2.45) is 0 Å². The van der Waals surface area contributed by atoms with E-state index in [9.17, 15) is 9.18 Å². The highest BCUT2D eigenvalue weighted by atomic mass is 35.5. The number of halogens is 3. The van der Waals surface area contributed by atoms with Crippen LogP contribution in [0.4, 0.5) is 4.39 Å². The molecule has 0 atom stereocenters. The number of hydrogen-bond acceptors (Lipinski definition) is 2. The van der Waals surface area contributed by atoms with Gasteiger partial charge in [0, 0.05) is 13.1 Å². The van der Waals surface area contributed by atoms with Gasteiger partial charge in [0.1, 0.15) is 0 Å². The molecule has 1 amide bonds. The first-order valence-electron chi connectivity index (χ1n) is 5.09. The Morgan fingerprint density at radius 1 is 1.41 bits per heavy atom. The zero-order chi connectivity index (χ0) is 12.0. The first-order valence-corrected chi connectivity index (χ1v) is 5.47. The predicted molar refractivity (Wildman–Crippen MR) is 69.5 cm³/mol. The number of hydrogen-bond donors (Lipinski definition) is 2. The van der Waals surface area contributed by atoms with Crippen LogP contribution in [-0.4, -0.2) is 25.5 Å². The molecule has 0 unspecified atom stereocenters. The van der Waals surface area contributed by atoms with Gasteiger partial charge in [-0.25, -0.2) is 4.39 Å². The fourth-order valence-electron chi connectivity index (χ4n) is 1.22. The molecule has 0 aromatic heterocycles. The maximum absolute atomic E-state index is 13.4. The molecule has 0 aliphatic heterocycles. The maximum Gasteiger partial charge on any atom is 0.254 e. The van der Waals surface area contributed by atoms with Crippen molar-refractivity contribution in [3.8, 4) is 0 Å². The number of rotatable bonds is 5. The topological polar surface area (TPSA) is 41.1 Å². The number of likely N-dealkylation sites (N-methyl/N-ethyl adjacent to an activating group) is 1. The molecule has 0 heterocycles. The normalized spacial score (nSPS) is 9.59. The zero-order valence-electron chi connectivity index (χ0n) is 9.43. The molecule has 0 saturated heterocycles. The van der Waals surface area contributed by atoms with Gasteiger partial charge in [-0.15, -0.1) is 12.4 Å². The first kappa shape index (κ1) is 16.2. The number of amides is 1. The van der Waals surface area contributed by atoms with E-state index in [1.807, 2.05) is 6.92 Å². The van der Waals surface area contributed by atoms with Gasteiger partial charge in [-0.05, 0) is 18.7 Å². The highest BCUT2D eigenvalue weighted by Gasteiger charge is 2.12. The summed E-state index contributed by atoms with van der Waals surface area (Å²) in [7, 11) is 0. The Bertz CT molecular complexity index is 374. The smallest absolute Gasteiger partial charge is 0.254 e. The lowest BCUT2D eigenvalue weighted by atomic mass is 10.2. The molecule has 1 rings (SSSR count). The molecule has 0 spiro atoms. The monoisotopic (exact) mass is 280 g/mol. The van der Waals surface area contributed by atoms with E-state index >= 15 is 0 Å². The van der Waals surface area contributed by atoms with Gasteiger partial charge in [0.25, 0.3) is 5.91 Å². The zero-order valence-corrected chi connectivity index (χ0v) is 11.0. The van der Waals surface area contributed by atoms with Crippen molar-refractivity contribution in [2.45, 2.75) is 6.92 Å². The molecule has 2 N–H and O–H groups in total. The standard InChI is InChI=1S/C11H14ClFN2O.ClH/c1-2-14-6-7-15-11(16)8-4-3-5-9(12)10(8)13;/h3-5,14H,2,6-7H2,1H3,(H,15,16);1H. The lowest BCUT2D eigenvalue weighted by Crippen LogP contribution is -2.32. The van der Waals surface area contributed by atoms with Crippen molar-refractivity contribution >= 4 is 29.9 Å². The Balaban J connectivity index is 0.00000256. The molecule has 1 aromatic rings. The van der Waals surface area contributed by atoms with Crippen molar-refractivity contribution in [2.75, 3.05) is 19.6 Å². The molecule has 96 valence electrons. The van der Waals surface area contributed by atoms with E-state index in [1.165, 1.54) is 12.1 Å². The van der Waals surface area contributed by atoms with Gasteiger partial charge in [-0.3, -0.25) is 4.79 Å². The van der Waals surface area contributed by atoms with Crippen LogP contribution in [0.15, 0.2) is 18.2 Å². The number of carbonyl (C=O) groups excluding carboxylic acids is 1. The average molecular weight is 281 g/mol. The van der Waals surface area contributed by atoms with E-state index in [0.717, 1.165) is 6.54 Å². The molecule has 6 heteroatoms. The highest BCUT2D eigenvalue weighted by Crippen LogP contribution is 2.17. The van der Waals surface area contributed by atoms with E-state index in [-0.39, 0.29) is 23.0 Å². The van der Waals surface area contributed by atoms with Crippen LogP contribution in [-0.2, 0) is 0 Å². The molecule has 17 heavy (non-hydrogen) atoms. The molecule has 0 aliphatic carbocycles. The van der Waals surface area contributed by atoms with Gasteiger partial charge >= 0.3 is 0 Å². The third-order valence-electron chi connectivity index (χ3n) is 2.03. The second kappa shape index (κ2) is 8.28. The van der Waals surface area contributed by atoms with Gasteiger partial charge < -0.3 is 10.6 Å². The Morgan fingerprint density at radius 2 is 2.12 bits per heavy atom. The minimum atomic E-state index is -0.676.